The number of nitrogens with zero attached hydrogens (tertiary/aromatic N) is 4. The molecule has 2 unspecified atom stereocenters. The van der Waals surface area contributed by atoms with Crippen LogP contribution in [-0.2, 0) is 7.05 Å². The van der Waals surface area contributed by atoms with E-state index in [1.54, 1.807) is 4.68 Å². The van der Waals surface area contributed by atoms with E-state index in [1.165, 1.54) is 45.2 Å². The SMILES string of the molecule is Cc1nn(C)c2nc(-c3ccccc3)cc(C(=O)NCC3CCCN4CCCCC34)c12. The molecule has 4 heterocycles. The molecule has 0 spiro atoms. The first kappa shape index (κ1) is 20.2. The van der Waals surface area contributed by atoms with Crippen LogP contribution in [0.15, 0.2) is 36.4 Å². The molecule has 1 aromatic carbocycles. The van der Waals surface area contributed by atoms with E-state index < -0.39 is 0 Å². The van der Waals surface area contributed by atoms with E-state index >= 15 is 0 Å². The van der Waals surface area contributed by atoms with Gasteiger partial charge in [0.2, 0.25) is 0 Å². The zero-order chi connectivity index (χ0) is 21.4. The first-order valence-corrected chi connectivity index (χ1v) is 11.5. The van der Waals surface area contributed by atoms with Crippen LogP contribution in [0.5, 0.6) is 0 Å². The normalized spacial score (nSPS) is 21.7. The molecule has 0 aliphatic carbocycles. The monoisotopic (exact) mass is 417 g/mol. The Labute approximate surface area is 183 Å². The maximum Gasteiger partial charge on any atom is 0.252 e. The summed E-state index contributed by atoms with van der Waals surface area (Å²) in [6.45, 7) is 5.12. The Bertz CT molecular complexity index is 1090. The number of benzene rings is 1. The molecule has 2 aromatic heterocycles. The Balaban J connectivity index is 1.44. The fourth-order valence-corrected chi connectivity index (χ4v) is 5.52. The number of piperidine rings is 2. The number of nitrogens with one attached hydrogen (secondary N) is 1. The highest BCUT2D eigenvalue weighted by Gasteiger charge is 2.33. The summed E-state index contributed by atoms with van der Waals surface area (Å²) in [4.78, 5) is 20.9. The van der Waals surface area contributed by atoms with Crippen molar-refractivity contribution in [2.24, 2.45) is 13.0 Å². The van der Waals surface area contributed by atoms with Gasteiger partial charge in [-0.05, 0) is 57.7 Å². The Kier molecular flexibility index (Phi) is 5.48. The van der Waals surface area contributed by atoms with E-state index in [9.17, 15) is 4.79 Å². The Morgan fingerprint density at radius 3 is 2.77 bits per heavy atom. The minimum absolute atomic E-state index is 0.0198. The lowest BCUT2D eigenvalue weighted by Crippen LogP contribution is -2.51. The Morgan fingerprint density at radius 1 is 1.13 bits per heavy atom. The molecule has 0 radical (unpaired) electrons. The number of rotatable bonds is 4. The van der Waals surface area contributed by atoms with Crippen molar-refractivity contribution in [2.75, 3.05) is 19.6 Å². The van der Waals surface area contributed by atoms with Gasteiger partial charge in [0.05, 0.1) is 22.3 Å². The minimum atomic E-state index is -0.0198. The molecule has 2 aliphatic heterocycles. The van der Waals surface area contributed by atoms with Crippen LogP contribution < -0.4 is 5.32 Å². The molecule has 1 amide bonds. The van der Waals surface area contributed by atoms with Gasteiger partial charge in [0.25, 0.3) is 5.91 Å². The number of carbonyl (C=O) groups excluding carboxylic acids is 1. The van der Waals surface area contributed by atoms with Crippen molar-refractivity contribution in [1.82, 2.24) is 25.0 Å². The number of amides is 1. The van der Waals surface area contributed by atoms with Crippen molar-refractivity contribution in [2.45, 2.75) is 45.1 Å². The predicted molar refractivity (Wildman–Crippen MR) is 123 cm³/mol. The molecule has 0 saturated carbocycles. The summed E-state index contributed by atoms with van der Waals surface area (Å²) in [6, 6.07) is 12.6. The predicted octanol–water partition coefficient (Wildman–Crippen LogP) is 3.94. The molecule has 2 saturated heterocycles. The quantitative estimate of drug-likeness (QED) is 0.698. The topological polar surface area (TPSA) is 63.1 Å². The van der Waals surface area contributed by atoms with E-state index in [-0.39, 0.29) is 5.91 Å². The lowest BCUT2D eigenvalue weighted by Gasteiger charge is -2.44. The van der Waals surface area contributed by atoms with Gasteiger partial charge < -0.3 is 10.2 Å². The van der Waals surface area contributed by atoms with Crippen LogP contribution in [0.3, 0.4) is 0 Å². The van der Waals surface area contributed by atoms with E-state index in [4.69, 9.17) is 4.98 Å². The molecule has 2 atom stereocenters. The summed E-state index contributed by atoms with van der Waals surface area (Å²) >= 11 is 0. The highest BCUT2D eigenvalue weighted by Crippen LogP contribution is 2.31. The minimum Gasteiger partial charge on any atom is -0.352 e. The zero-order valence-electron chi connectivity index (χ0n) is 18.5. The molecule has 162 valence electrons. The molecule has 2 aliphatic rings. The number of carbonyl (C=O) groups is 1. The lowest BCUT2D eigenvalue weighted by atomic mass is 9.83. The zero-order valence-corrected chi connectivity index (χ0v) is 18.5. The molecule has 1 N–H and O–H groups in total. The van der Waals surface area contributed by atoms with Gasteiger partial charge in [-0.15, -0.1) is 0 Å². The number of aromatic nitrogens is 3. The van der Waals surface area contributed by atoms with Gasteiger partial charge in [0, 0.05) is 25.2 Å². The van der Waals surface area contributed by atoms with Crippen LogP contribution in [0.1, 0.15) is 48.2 Å². The number of hydrogen-bond acceptors (Lipinski definition) is 4. The number of fused-ring (bicyclic) bond motifs is 2. The second-order valence-corrected chi connectivity index (χ2v) is 9.04. The molecule has 5 rings (SSSR count). The summed E-state index contributed by atoms with van der Waals surface area (Å²) in [5.41, 5.74) is 4.07. The second-order valence-electron chi connectivity index (χ2n) is 9.04. The van der Waals surface area contributed by atoms with Crippen molar-refractivity contribution < 1.29 is 4.79 Å². The molecule has 31 heavy (non-hydrogen) atoms. The van der Waals surface area contributed by atoms with Crippen molar-refractivity contribution in [3.05, 3.63) is 47.7 Å². The number of pyridine rings is 1. The first-order valence-electron chi connectivity index (χ1n) is 11.5. The fraction of sp³-hybridized carbons (Fsp3) is 0.480. The summed E-state index contributed by atoms with van der Waals surface area (Å²) in [5.74, 6) is 0.521. The van der Waals surface area contributed by atoms with Gasteiger partial charge in [0.1, 0.15) is 0 Å². The van der Waals surface area contributed by atoms with Crippen LogP contribution in [0, 0.1) is 12.8 Å². The standard InChI is InChI=1S/C25H31N5O/c1-17-23-20(15-21(18-9-4-3-5-10-18)27-24(23)29(2)28-17)25(31)26-16-19-11-8-14-30-13-7-6-12-22(19)30/h3-5,9-10,15,19,22H,6-8,11-14,16H2,1-2H3,(H,26,31). The third kappa shape index (κ3) is 3.85. The van der Waals surface area contributed by atoms with Crippen LogP contribution in [-0.4, -0.2) is 51.2 Å². The van der Waals surface area contributed by atoms with Crippen molar-refractivity contribution >= 4 is 16.9 Å². The number of hydrogen-bond donors (Lipinski definition) is 1. The van der Waals surface area contributed by atoms with E-state index in [0.717, 1.165) is 34.5 Å². The lowest BCUT2D eigenvalue weighted by molar-refractivity contribution is 0.0576. The fourth-order valence-electron chi connectivity index (χ4n) is 5.52. The van der Waals surface area contributed by atoms with Gasteiger partial charge in [-0.3, -0.25) is 9.48 Å². The molecular weight excluding hydrogens is 386 g/mol. The van der Waals surface area contributed by atoms with Crippen LogP contribution in [0.4, 0.5) is 0 Å². The summed E-state index contributed by atoms with van der Waals surface area (Å²) in [5, 5.41) is 8.67. The molecule has 0 bridgehead atoms. The van der Waals surface area contributed by atoms with Crippen molar-refractivity contribution in [1.29, 1.82) is 0 Å². The number of aryl methyl sites for hydroxylation is 2. The largest absolute Gasteiger partial charge is 0.352 e. The van der Waals surface area contributed by atoms with E-state index in [0.29, 0.717) is 17.5 Å². The summed E-state index contributed by atoms with van der Waals surface area (Å²) in [6.07, 6.45) is 6.32. The maximum atomic E-state index is 13.4. The first-order chi connectivity index (χ1) is 15.1. The van der Waals surface area contributed by atoms with Gasteiger partial charge in [-0.25, -0.2) is 4.98 Å². The third-order valence-electron chi connectivity index (χ3n) is 7.04. The summed E-state index contributed by atoms with van der Waals surface area (Å²) < 4.78 is 1.77. The average molecular weight is 418 g/mol. The maximum absolute atomic E-state index is 13.4. The van der Waals surface area contributed by atoms with Gasteiger partial charge >= 0.3 is 0 Å². The van der Waals surface area contributed by atoms with Crippen molar-refractivity contribution in [3.63, 3.8) is 0 Å². The smallest absolute Gasteiger partial charge is 0.252 e. The van der Waals surface area contributed by atoms with Gasteiger partial charge in [0.15, 0.2) is 5.65 Å². The molecular formula is C25H31N5O. The molecule has 2 fully saturated rings. The van der Waals surface area contributed by atoms with Gasteiger partial charge in [-0.2, -0.15) is 5.10 Å². The van der Waals surface area contributed by atoms with E-state index in [1.807, 2.05) is 50.4 Å². The molecule has 6 nitrogen and oxygen atoms in total. The molecule has 3 aromatic rings. The Morgan fingerprint density at radius 2 is 1.94 bits per heavy atom. The van der Waals surface area contributed by atoms with Crippen molar-refractivity contribution in [3.8, 4) is 11.3 Å². The molecule has 6 heteroatoms. The highest BCUT2D eigenvalue weighted by atomic mass is 16.1. The van der Waals surface area contributed by atoms with Gasteiger partial charge in [-0.1, -0.05) is 36.8 Å². The van der Waals surface area contributed by atoms with Crippen LogP contribution in [0.2, 0.25) is 0 Å². The highest BCUT2D eigenvalue weighted by molar-refractivity contribution is 6.07. The summed E-state index contributed by atoms with van der Waals surface area (Å²) in [7, 11) is 1.89. The average Bonchev–Trinajstić information content (AvgIpc) is 3.10. The van der Waals surface area contributed by atoms with Crippen LogP contribution in [0.25, 0.3) is 22.3 Å². The second kappa shape index (κ2) is 8.42. The van der Waals surface area contributed by atoms with E-state index in [2.05, 4.69) is 15.3 Å². The van der Waals surface area contributed by atoms with Crippen LogP contribution >= 0.6 is 0 Å². The third-order valence-corrected chi connectivity index (χ3v) is 7.04. The Hall–Kier alpha value is -2.73.